The van der Waals surface area contributed by atoms with Crippen molar-refractivity contribution in [3.63, 3.8) is 0 Å². The van der Waals surface area contributed by atoms with Crippen LogP contribution in [-0.2, 0) is 5.60 Å². The lowest BCUT2D eigenvalue weighted by molar-refractivity contribution is 0.00594. The molecule has 4 N–H and O–H groups in total. The van der Waals surface area contributed by atoms with Crippen LogP contribution >= 0.6 is 0 Å². The summed E-state index contributed by atoms with van der Waals surface area (Å²) in [6.07, 6.45) is 2.26. The third-order valence-electron chi connectivity index (χ3n) is 3.36. The zero-order valence-corrected chi connectivity index (χ0v) is 10.6. The van der Waals surface area contributed by atoms with E-state index in [1.54, 1.807) is 0 Å². The van der Waals surface area contributed by atoms with Gasteiger partial charge in [-0.1, -0.05) is 24.0 Å². The van der Waals surface area contributed by atoms with Crippen molar-refractivity contribution < 1.29 is 5.11 Å². The van der Waals surface area contributed by atoms with E-state index in [0.29, 0.717) is 6.54 Å². The molecule has 0 saturated carbocycles. The third kappa shape index (κ3) is 3.11. The topological polar surface area (TPSA) is 58.3 Å². The average molecular weight is 244 g/mol. The van der Waals surface area contributed by atoms with Gasteiger partial charge in [-0.3, -0.25) is 0 Å². The quantitative estimate of drug-likeness (QED) is 0.679. The number of hydrogen-bond donors (Lipinski definition) is 3. The molecule has 1 aliphatic rings. The molecule has 1 heterocycles. The molecule has 3 nitrogen and oxygen atoms in total. The van der Waals surface area contributed by atoms with Crippen molar-refractivity contribution in [3.05, 3.63) is 35.4 Å². The molecule has 0 aromatic heterocycles. The largest absolute Gasteiger partial charge is 0.385 e. The maximum atomic E-state index is 10.6. The van der Waals surface area contributed by atoms with E-state index in [2.05, 4.69) is 17.2 Å². The second-order valence-electron chi connectivity index (χ2n) is 4.70. The van der Waals surface area contributed by atoms with Gasteiger partial charge >= 0.3 is 0 Å². The third-order valence-corrected chi connectivity index (χ3v) is 3.36. The van der Waals surface area contributed by atoms with Crippen LogP contribution in [0.5, 0.6) is 0 Å². The molecule has 18 heavy (non-hydrogen) atoms. The molecule has 1 aromatic carbocycles. The Bertz CT molecular complexity index is 436. The summed E-state index contributed by atoms with van der Waals surface area (Å²) in [4.78, 5) is 0. The fourth-order valence-electron chi connectivity index (χ4n) is 2.23. The molecular weight excluding hydrogens is 224 g/mol. The van der Waals surface area contributed by atoms with Crippen LogP contribution in [0.3, 0.4) is 0 Å². The Morgan fingerprint density at radius 2 is 1.89 bits per heavy atom. The van der Waals surface area contributed by atoms with Gasteiger partial charge in [-0.25, -0.2) is 0 Å². The molecular formula is C15H20N2O. The second kappa shape index (κ2) is 6.01. The average Bonchev–Trinajstić information content (AvgIpc) is 2.41. The number of hydrogen-bond acceptors (Lipinski definition) is 3. The minimum Gasteiger partial charge on any atom is -0.385 e. The summed E-state index contributed by atoms with van der Waals surface area (Å²) in [5.41, 5.74) is 6.69. The molecule has 1 saturated heterocycles. The first-order chi connectivity index (χ1) is 8.74. The lowest BCUT2D eigenvalue weighted by atomic mass is 9.85. The summed E-state index contributed by atoms with van der Waals surface area (Å²) in [6.45, 7) is 2.33. The van der Waals surface area contributed by atoms with Crippen LogP contribution in [-0.4, -0.2) is 24.7 Å². The fourth-order valence-corrected chi connectivity index (χ4v) is 2.23. The van der Waals surface area contributed by atoms with E-state index < -0.39 is 5.60 Å². The predicted molar refractivity (Wildman–Crippen MR) is 73.0 cm³/mol. The molecule has 3 heteroatoms. The van der Waals surface area contributed by atoms with E-state index >= 15 is 0 Å². The number of nitrogens with one attached hydrogen (secondary N) is 1. The Hall–Kier alpha value is -1.34. The summed E-state index contributed by atoms with van der Waals surface area (Å²) in [5.74, 6) is 6.08. The van der Waals surface area contributed by atoms with Crippen molar-refractivity contribution in [2.24, 2.45) is 5.73 Å². The second-order valence-corrected chi connectivity index (χ2v) is 4.70. The minimum absolute atomic E-state index is 0.595. The van der Waals surface area contributed by atoms with Crippen molar-refractivity contribution >= 4 is 0 Å². The van der Waals surface area contributed by atoms with Gasteiger partial charge in [-0.15, -0.1) is 0 Å². The molecule has 0 unspecified atom stereocenters. The molecule has 0 aliphatic carbocycles. The van der Waals surface area contributed by atoms with Gasteiger partial charge in [0.25, 0.3) is 0 Å². The molecule has 0 bridgehead atoms. The van der Waals surface area contributed by atoms with Crippen LogP contribution < -0.4 is 11.1 Å². The van der Waals surface area contributed by atoms with E-state index in [9.17, 15) is 5.11 Å². The first kappa shape index (κ1) is 13.1. The Labute approximate surface area is 108 Å². The molecule has 0 atom stereocenters. The van der Waals surface area contributed by atoms with Crippen LogP contribution in [0.15, 0.2) is 24.3 Å². The van der Waals surface area contributed by atoms with Crippen molar-refractivity contribution in [1.29, 1.82) is 0 Å². The number of aliphatic hydroxyl groups is 1. The maximum absolute atomic E-state index is 10.6. The van der Waals surface area contributed by atoms with Crippen LogP contribution in [0.4, 0.5) is 0 Å². The van der Waals surface area contributed by atoms with Crippen LogP contribution in [0.2, 0.25) is 0 Å². The van der Waals surface area contributed by atoms with Gasteiger partial charge in [0.15, 0.2) is 0 Å². The number of piperidine rings is 1. The first-order valence-electron chi connectivity index (χ1n) is 6.47. The van der Waals surface area contributed by atoms with E-state index in [4.69, 9.17) is 5.73 Å². The number of benzene rings is 1. The van der Waals surface area contributed by atoms with Gasteiger partial charge in [-0.05, 0) is 43.6 Å². The monoisotopic (exact) mass is 244 g/mol. The molecule has 1 aromatic rings. The Kier molecular flexibility index (Phi) is 4.38. The highest BCUT2D eigenvalue weighted by molar-refractivity contribution is 5.37. The molecule has 0 spiro atoms. The number of rotatable bonds is 2. The minimum atomic E-state index is -0.672. The Morgan fingerprint density at radius 3 is 2.50 bits per heavy atom. The van der Waals surface area contributed by atoms with Crippen molar-refractivity contribution in [2.75, 3.05) is 19.6 Å². The lowest BCUT2D eigenvalue weighted by Gasteiger charge is -2.33. The van der Waals surface area contributed by atoms with Gasteiger partial charge < -0.3 is 16.2 Å². The Balaban J connectivity index is 2.10. The lowest BCUT2D eigenvalue weighted by Crippen LogP contribution is -2.39. The maximum Gasteiger partial charge on any atom is 0.0920 e. The van der Waals surface area contributed by atoms with Crippen LogP contribution in [0.1, 0.15) is 30.4 Å². The molecule has 1 aliphatic heterocycles. The van der Waals surface area contributed by atoms with Gasteiger partial charge in [0.05, 0.1) is 5.60 Å². The highest BCUT2D eigenvalue weighted by Gasteiger charge is 2.30. The number of nitrogens with two attached hydrogens (primary N) is 1. The zero-order valence-electron chi connectivity index (χ0n) is 10.6. The van der Waals surface area contributed by atoms with E-state index in [1.165, 1.54) is 0 Å². The fraction of sp³-hybridized carbons (Fsp3) is 0.467. The molecule has 96 valence electrons. The van der Waals surface area contributed by atoms with Crippen molar-refractivity contribution in [2.45, 2.75) is 24.9 Å². The van der Waals surface area contributed by atoms with Crippen LogP contribution in [0.25, 0.3) is 0 Å². The van der Waals surface area contributed by atoms with E-state index in [-0.39, 0.29) is 0 Å². The van der Waals surface area contributed by atoms with Crippen LogP contribution in [0, 0.1) is 11.8 Å². The standard InChI is InChI=1S/C15H20N2O/c16-10-2-1-3-13-4-6-14(7-5-13)15(18)8-11-17-12-9-15/h4-7,17-18H,2,8-12,16H2. The predicted octanol–water partition coefficient (Wildman–Crippen LogP) is 0.958. The van der Waals surface area contributed by atoms with E-state index in [1.807, 2.05) is 24.3 Å². The highest BCUT2D eigenvalue weighted by Crippen LogP contribution is 2.30. The summed E-state index contributed by atoms with van der Waals surface area (Å²) in [5, 5.41) is 13.8. The first-order valence-corrected chi connectivity index (χ1v) is 6.47. The highest BCUT2D eigenvalue weighted by atomic mass is 16.3. The smallest absolute Gasteiger partial charge is 0.0920 e. The zero-order chi connectivity index (χ0) is 12.8. The Morgan fingerprint density at radius 1 is 1.22 bits per heavy atom. The SMILES string of the molecule is NCCC#Cc1ccc(C2(O)CCNCC2)cc1. The molecule has 1 fully saturated rings. The summed E-state index contributed by atoms with van der Waals surface area (Å²) in [7, 11) is 0. The van der Waals surface area contributed by atoms with Gasteiger partial charge in [-0.2, -0.15) is 0 Å². The van der Waals surface area contributed by atoms with E-state index in [0.717, 1.165) is 43.5 Å². The summed E-state index contributed by atoms with van der Waals surface area (Å²) in [6, 6.07) is 7.91. The van der Waals surface area contributed by atoms with Crippen molar-refractivity contribution in [3.8, 4) is 11.8 Å². The molecule has 0 radical (unpaired) electrons. The normalized spacial score (nSPS) is 17.9. The van der Waals surface area contributed by atoms with Gasteiger partial charge in [0.1, 0.15) is 0 Å². The summed E-state index contributed by atoms with van der Waals surface area (Å²) >= 11 is 0. The summed E-state index contributed by atoms with van der Waals surface area (Å²) < 4.78 is 0. The molecule has 0 amide bonds. The van der Waals surface area contributed by atoms with Crippen molar-refractivity contribution in [1.82, 2.24) is 5.32 Å². The van der Waals surface area contributed by atoms with Gasteiger partial charge in [0, 0.05) is 18.5 Å². The molecule has 2 rings (SSSR count). The van der Waals surface area contributed by atoms with Gasteiger partial charge in [0.2, 0.25) is 0 Å².